The summed E-state index contributed by atoms with van der Waals surface area (Å²) < 4.78 is 0. The number of anilines is 1. The molecule has 0 bridgehead atoms. The van der Waals surface area contributed by atoms with E-state index in [1.165, 1.54) is 10.0 Å². The van der Waals surface area contributed by atoms with E-state index in [1.54, 1.807) is 72.8 Å². The average molecular weight is 691 g/mol. The van der Waals surface area contributed by atoms with Crippen molar-refractivity contribution in [1.82, 2.24) is 5.01 Å². The van der Waals surface area contributed by atoms with Gasteiger partial charge in [-0.3, -0.25) is 20.1 Å². The van der Waals surface area contributed by atoms with Crippen molar-refractivity contribution in [3.63, 3.8) is 0 Å². The van der Waals surface area contributed by atoms with E-state index in [1.807, 2.05) is 109 Å². The number of benzene rings is 6. The van der Waals surface area contributed by atoms with Crippen LogP contribution in [0, 0.1) is 5.41 Å². The summed E-state index contributed by atoms with van der Waals surface area (Å²) in [5.74, 6) is -1.12. The van der Waals surface area contributed by atoms with Gasteiger partial charge < -0.3 is 0 Å². The van der Waals surface area contributed by atoms with Gasteiger partial charge in [-0.1, -0.05) is 170 Å². The molecule has 1 saturated heterocycles. The van der Waals surface area contributed by atoms with Gasteiger partial charge in [0, 0.05) is 12.8 Å². The molecule has 8 heteroatoms. The fourth-order valence-electron chi connectivity index (χ4n) is 7.53. The minimum absolute atomic E-state index is 0.0649. The molecule has 0 aromatic heterocycles. The Morgan fingerprint density at radius 2 is 0.788 bits per heavy atom. The zero-order valence-corrected chi connectivity index (χ0v) is 28.4. The van der Waals surface area contributed by atoms with Crippen LogP contribution in [0.5, 0.6) is 0 Å². The number of hydrogen-bond donors (Lipinski definition) is 2. The van der Waals surface area contributed by atoms with Crippen LogP contribution in [0.25, 0.3) is 0 Å². The molecule has 0 atom stereocenters. The van der Waals surface area contributed by atoms with Gasteiger partial charge in [0.2, 0.25) is 0 Å². The van der Waals surface area contributed by atoms with E-state index in [0.29, 0.717) is 27.9 Å². The van der Waals surface area contributed by atoms with Crippen LogP contribution >= 0.6 is 0 Å². The Balaban J connectivity index is 1.52. The summed E-state index contributed by atoms with van der Waals surface area (Å²) in [6, 6.07) is 54.6. The first-order chi connectivity index (χ1) is 25.5. The first-order valence-electron chi connectivity index (χ1n) is 17.1. The molecular formula is C44H38N2O6. The van der Waals surface area contributed by atoms with Gasteiger partial charge in [-0.25, -0.2) is 19.8 Å². The number of carbonyl (C=O) groups excluding carboxylic acids is 2. The van der Waals surface area contributed by atoms with Crippen molar-refractivity contribution in [2.24, 2.45) is 5.41 Å². The molecule has 1 aliphatic heterocycles. The number of amides is 2. The summed E-state index contributed by atoms with van der Waals surface area (Å²) >= 11 is 0. The van der Waals surface area contributed by atoms with E-state index in [9.17, 15) is 10.5 Å². The third kappa shape index (κ3) is 6.08. The second kappa shape index (κ2) is 14.8. The molecule has 2 amide bonds. The smallest absolute Gasteiger partial charge is 0.261 e. The minimum Gasteiger partial charge on any atom is -0.272 e. The highest BCUT2D eigenvalue weighted by atomic mass is 17.1. The van der Waals surface area contributed by atoms with Crippen LogP contribution in [0.3, 0.4) is 0 Å². The Kier molecular flexibility index (Phi) is 9.80. The molecule has 0 aliphatic carbocycles. The van der Waals surface area contributed by atoms with Crippen LogP contribution < -0.4 is 5.01 Å². The predicted molar refractivity (Wildman–Crippen MR) is 197 cm³/mol. The summed E-state index contributed by atoms with van der Waals surface area (Å²) in [5.41, 5.74) is -2.12. The van der Waals surface area contributed by atoms with Crippen LogP contribution in [0.1, 0.15) is 40.7 Å². The molecule has 2 N–H and O–H groups in total. The van der Waals surface area contributed by atoms with Gasteiger partial charge in [0.05, 0.1) is 12.2 Å². The van der Waals surface area contributed by atoms with Crippen molar-refractivity contribution in [2.45, 2.75) is 30.6 Å². The molecule has 8 nitrogen and oxygen atoms in total. The molecule has 7 rings (SSSR count). The second-order valence-corrected chi connectivity index (χ2v) is 13.0. The van der Waals surface area contributed by atoms with Crippen molar-refractivity contribution < 1.29 is 29.9 Å². The lowest BCUT2D eigenvalue weighted by Gasteiger charge is -2.42. The number of rotatable bonds is 13. The molecule has 6 aromatic rings. The zero-order valence-electron chi connectivity index (χ0n) is 28.4. The van der Waals surface area contributed by atoms with Crippen molar-refractivity contribution in [2.75, 3.05) is 5.01 Å². The molecule has 1 heterocycles. The predicted octanol–water partition coefficient (Wildman–Crippen LogP) is 8.61. The van der Waals surface area contributed by atoms with Crippen molar-refractivity contribution in [3.8, 4) is 0 Å². The van der Waals surface area contributed by atoms with Gasteiger partial charge >= 0.3 is 0 Å². The van der Waals surface area contributed by atoms with Gasteiger partial charge in [0.1, 0.15) is 5.41 Å². The van der Waals surface area contributed by atoms with Crippen LogP contribution in [-0.2, 0) is 37.1 Å². The van der Waals surface area contributed by atoms with Crippen LogP contribution in [0.2, 0.25) is 0 Å². The second-order valence-electron chi connectivity index (χ2n) is 13.0. The molecule has 52 heavy (non-hydrogen) atoms. The zero-order chi connectivity index (χ0) is 36.0. The first kappa shape index (κ1) is 34.5. The van der Waals surface area contributed by atoms with Crippen molar-refractivity contribution >= 4 is 17.5 Å². The lowest BCUT2D eigenvalue weighted by atomic mass is 9.64. The fraction of sp³-hybridized carbons (Fsp3) is 0.136. The summed E-state index contributed by atoms with van der Waals surface area (Å²) in [6.07, 6.45) is -0.719. The largest absolute Gasteiger partial charge is 0.272 e. The number of nitrogens with zero attached hydrogens (tertiary/aromatic N) is 2. The standard InChI is InChI=1S/C44H38N2O6/c47-40-42(32-43(51-49,35-21-9-2-10-22-35)36-23-11-3-12-24-36,33-44(52-50,37-25-13-4-14-26-37)38-27-15-5-16-28-38)41(48)46(39-29-17-6-18-30-39)45(40)31-34-19-7-1-8-20-34/h1-30,49-50H,31-33H2. The van der Waals surface area contributed by atoms with Gasteiger partial charge in [-0.05, 0) is 39.9 Å². The van der Waals surface area contributed by atoms with Crippen LogP contribution in [0.4, 0.5) is 5.69 Å². The molecule has 0 spiro atoms. The Morgan fingerprint density at radius 3 is 1.13 bits per heavy atom. The van der Waals surface area contributed by atoms with Crippen molar-refractivity contribution in [3.05, 3.63) is 210 Å². The fourth-order valence-corrected chi connectivity index (χ4v) is 7.53. The molecule has 0 unspecified atom stereocenters. The van der Waals surface area contributed by atoms with E-state index >= 15 is 9.59 Å². The minimum atomic E-state index is -2.02. The lowest BCUT2D eigenvalue weighted by molar-refractivity contribution is -0.332. The van der Waals surface area contributed by atoms with Crippen LogP contribution in [0.15, 0.2) is 182 Å². The van der Waals surface area contributed by atoms with E-state index in [4.69, 9.17) is 9.78 Å². The highest BCUT2D eigenvalue weighted by Crippen LogP contribution is 2.55. The Bertz CT molecular complexity index is 1910. The maximum atomic E-state index is 15.7. The summed E-state index contributed by atoms with van der Waals surface area (Å²) in [6.45, 7) is 0.0649. The van der Waals surface area contributed by atoms with E-state index in [-0.39, 0.29) is 19.4 Å². The summed E-state index contributed by atoms with van der Waals surface area (Å²) in [5, 5.41) is 25.2. The Morgan fingerprint density at radius 1 is 0.462 bits per heavy atom. The SMILES string of the molecule is O=C1N(Cc2ccccc2)N(c2ccccc2)C(=O)C1(CC(OO)(c1ccccc1)c1ccccc1)CC(OO)(c1ccccc1)c1ccccc1. The normalized spacial score (nSPS) is 14.5. The number of hydrazine groups is 1. The molecule has 6 aromatic carbocycles. The molecule has 1 fully saturated rings. The monoisotopic (exact) mass is 690 g/mol. The molecule has 0 saturated carbocycles. The molecule has 1 aliphatic rings. The van der Waals surface area contributed by atoms with Gasteiger partial charge in [-0.15, -0.1) is 0 Å². The van der Waals surface area contributed by atoms with Gasteiger partial charge in [0.25, 0.3) is 11.8 Å². The van der Waals surface area contributed by atoms with E-state index < -0.39 is 28.4 Å². The highest BCUT2D eigenvalue weighted by molar-refractivity contribution is 6.18. The molecular weight excluding hydrogens is 652 g/mol. The number of hydrogen-bond acceptors (Lipinski definition) is 6. The first-order valence-corrected chi connectivity index (χ1v) is 17.1. The third-order valence-electron chi connectivity index (χ3n) is 10.0. The Labute approximate surface area is 302 Å². The third-order valence-corrected chi connectivity index (χ3v) is 10.0. The maximum absolute atomic E-state index is 15.7. The van der Waals surface area contributed by atoms with Gasteiger partial charge in [-0.2, -0.15) is 0 Å². The summed E-state index contributed by atoms with van der Waals surface area (Å²) in [7, 11) is 0. The summed E-state index contributed by atoms with van der Waals surface area (Å²) in [4.78, 5) is 42.7. The lowest BCUT2D eigenvalue weighted by Crippen LogP contribution is -2.50. The molecule has 260 valence electrons. The topological polar surface area (TPSA) is 99.5 Å². The quantitative estimate of drug-likeness (QED) is 0.0716. The number of para-hydroxylation sites is 1. The maximum Gasteiger partial charge on any atom is 0.261 e. The highest BCUT2D eigenvalue weighted by Gasteiger charge is 2.66. The van der Waals surface area contributed by atoms with Crippen LogP contribution in [-0.4, -0.2) is 27.3 Å². The number of carbonyl (C=O) groups is 2. The van der Waals surface area contributed by atoms with E-state index in [0.717, 1.165) is 5.56 Å². The average Bonchev–Trinajstić information content (AvgIpc) is 3.41. The van der Waals surface area contributed by atoms with Crippen molar-refractivity contribution in [1.29, 1.82) is 0 Å². The van der Waals surface area contributed by atoms with Gasteiger partial charge in [0.15, 0.2) is 11.2 Å². The van der Waals surface area contributed by atoms with E-state index in [2.05, 4.69) is 0 Å². The Hall–Kier alpha value is -5.90. The molecule has 0 radical (unpaired) electrons.